The molecule has 0 spiro atoms. The number of nitrogens with zero attached hydrogens (tertiary/aromatic N) is 4. The van der Waals surface area contributed by atoms with Crippen molar-refractivity contribution in [1.82, 2.24) is 19.4 Å². The molecule has 0 saturated carbocycles. The van der Waals surface area contributed by atoms with Gasteiger partial charge < -0.3 is 19.1 Å². The summed E-state index contributed by atoms with van der Waals surface area (Å²) in [5, 5.41) is 11.0. The van der Waals surface area contributed by atoms with Crippen LogP contribution in [0.4, 0.5) is 0 Å². The molecule has 0 amide bonds. The van der Waals surface area contributed by atoms with E-state index in [1.54, 1.807) is 30.3 Å². The highest BCUT2D eigenvalue weighted by molar-refractivity contribution is 6.35. The third kappa shape index (κ3) is 5.58. The van der Waals surface area contributed by atoms with Gasteiger partial charge in [0.1, 0.15) is 17.5 Å². The fourth-order valence-corrected chi connectivity index (χ4v) is 5.64. The number of rotatable bonds is 8. The van der Waals surface area contributed by atoms with Crippen molar-refractivity contribution in [2.24, 2.45) is 0 Å². The molecule has 0 unspecified atom stereocenters. The Balaban J connectivity index is 1.22. The summed E-state index contributed by atoms with van der Waals surface area (Å²) >= 11 is 18.8. The lowest BCUT2D eigenvalue weighted by molar-refractivity contribution is -0.0592. The Bertz CT molecular complexity index is 1570. The fraction of sp³-hybridized carbons (Fsp3) is 0.321. The van der Waals surface area contributed by atoms with E-state index in [0.717, 1.165) is 59.7 Å². The molecule has 0 aliphatic carbocycles. The summed E-state index contributed by atoms with van der Waals surface area (Å²) in [5.74, 6) is 0.271. The molecule has 2 aliphatic rings. The van der Waals surface area contributed by atoms with E-state index in [4.69, 9.17) is 54.2 Å². The number of aromatic nitrogens is 3. The number of fused-ring (bicyclic) bond motifs is 2. The zero-order valence-corrected chi connectivity index (χ0v) is 23.1. The van der Waals surface area contributed by atoms with Crippen LogP contribution in [-0.4, -0.2) is 49.8 Å². The van der Waals surface area contributed by atoms with Crippen molar-refractivity contribution in [2.45, 2.75) is 45.2 Å². The first kappa shape index (κ1) is 26.3. The van der Waals surface area contributed by atoms with Gasteiger partial charge in [-0.3, -0.25) is 4.90 Å². The highest BCUT2D eigenvalue weighted by atomic mass is 35.5. The van der Waals surface area contributed by atoms with E-state index in [1.807, 2.05) is 12.1 Å². The number of aromatic carboxylic acids is 1. The Morgan fingerprint density at radius 3 is 2.69 bits per heavy atom. The minimum absolute atomic E-state index is 0.106. The van der Waals surface area contributed by atoms with Crippen molar-refractivity contribution in [1.29, 1.82) is 0 Å². The van der Waals surface area contributed by atoms with Gasteiger partial charge in [0.15, 0.2) is 0 Å². The molecule has 4 heterocycles. The number of ether oxygens (including phenoxy) is 2. The quantitative estimate of drug-likeness (QED) is 0.270. The number of benzene rings is 2. The molecule has 0 bridgehead atoms. The van der Waals surface area contributed by atoms with Crippen molar-refractivity contribution in [2.75, 3.05) is 13.2 Å². The molecule has 1 saturated heterocycles. The van der Waals surface area contributed by atoms with Gasteiger partial charge in [-0.1, -0.05) is 40.9 Å². The van der Waals surface area contributed by atoms with Gasteiger partial charge in [0, 0.05) is 35.3 Å². The van der Waals surface area contributed by atoms with Crippen molar-refractivity contribution in [3.05, 3.63) is 85.7 Å². The number of hydrogen-bond acceptors (Lipinski definition) is 6. The minimum Gasteiger partial charge on any atom is -0.478 e. The third-order valence-corrected chi connectivity index (χ3v) is 8.04. The smallest absolute Gasteiger partial charge is 0.335 e. The molecule has 39 heavy (non-hydrogen) atoms. The van der Waals surface area contributed by atoms with Gasteiger partial charge in [0.25, 0.3) is 0 Å². The number of hydrogen-bond donors (Lipinski definition) is 1. The van der Waals surface area contributed by atoms with Crippen molar-refractivity contribution < 1.29 is 19.4 Å². The summed E-state index contributed by atoms with van der Waals surface area (Å²) in [7, 11) is 0. The van der Waals surface area contributed by atoms with E-state index in [9.17, 15) is 9.90 Å². The molecule has 0 radical (unpaired) electrons. The Labute approximate surface area is 240 Å². The molecule has 6 rings (SSSR count). The first-order chi connectivity index (χ1) is 18.8. The van der Waals surface area contributed by atoms with Gasteiger partial charge in [-0.25, -0.2) is 14.8 Å². The minimum atomic E-state index is -0.958. The van der Waals surface area contributed by atoms with Crippen LogP contribution in [0.5, 0.6) is 5.88 Å². The van der Waals surface area contributed by atoms with Gasteiger partial charge in [-0.15, -0.1) is 0 Å². The molecule has 2 aromatic heterocycles. The number of carbonyl (C=O) groups is 1. The predicted octanol–water partition coefficient (Wildman–Crippen LogP) is 6.02. The zero-order valence-electron chi connectivity index (χ0n) is 20.9. The molecule has 11 heteroatoms. The monoisotopic (exact) mass is 586 g/mol. The lowest BCUT2D eigenvalue weighted by atomic mass is 10.1. The number of halogens is 3. The SMILES string of the molecule is O=C(O)c1ccc2nc(CN3CCc4cc(Cl)c(OCc5ccc(Cl)cc5Cl)nc4C3)n(C[C@@H]3CCO3)c2c1. The fourth-order valence-electron chi connectivity index (χ4n) is 4.95. The Kier molecular flexibility index (Phi) is 7.39. The second-order valence-electron chi connectivity index (χ2n) is 9.79. The van der Waals surface area contributed by atoms with Crippen LogP contribution >= 0.6 is 34.8 Å². The van der Waals surface area contributed by atoms with Crippen LogP contribution in [0.2, 0.25) is 15.1 Å². The Morgan fingerprint density at radius 2 is 1.95 bits per heavy atom. The third-order valence-electron chi connectivity index (χ3n) is 7.18. The normalized spacial score (nSPS) is 17.2. The lowest BCUT2D eigenvalue weighted by Crippen LogP contribution is -2.34. The van der Waals surface area contributed by atoms with Crippen LogP contribution in [0, 0.1) is 0 Å². The van der Waals surface area contributed by atoms with Gasteiger partial charge in [0.05, 0.1) is 41.5 Å². The number of carboxylic acid groups (broad SMARTS) is 1. The van der Waals surface area contributed by atoms with Crippen molar-refractivity contribution in [3.63, 3.8) is 0 Å². The Morgan fingerprint density at radius 1 is 1.10 bits per heavy atom. The second kappa shape index (κ2) is 10.9. The Hall–Kier alpha value is -2.88. The van der Waals surface area contributed by atoms with Crippen LogP contribution in [0.15, 0.2) is 42.5 Å². The maximum Gasteiger partial charge on any atom is 0.335 e. The van der Waals surface area contributed by atoms with Gasteiger partial charge in [-0.2, -0.15) is 0 Å². The molecule has 1 atom stereocenters. The topological polar surface area (TPSA) is 89.7 Å². The summed E-state index contributed by atoms with van der Waals surface area (Å²) in [4.78, 5) is 23.5. The first-order valence-corrected chi connectivity index (χ1v) is 13.8. The van der Waals surface area contributed by atoms with Crippen LogP contribution < -0.4 is 4.74 Å². The number of carboxylic acids is 1. The molecular weight excluding hydrogens is 563 g/mol. The molecule has 1 fully saturated rings. The highest BCUT2D eigenvalue weighted by Crippen LogP contribution is 2.31. The summed E-state index contributed by atoms with van der Waals surface area (Å²) in [5.41, 5.74) is 4.60. The number of imidazole rings is 1. The van der Waals surface area contributed by atoms with E-state index in [-0.39, 0.29) is 18.3 Å². The molecule has 2 aliphatic heterocycles. The standard InChI is InChI=1S/C28H25Cl3N4O4/c29-19-3-1-18(21(30)11-19)15-39-27-22(31)9-16-5-7-34(13-24(16)33-27)14-26-32-23-4-2-17(28(36)37)10-25(23)35(26)12-20-6-8-38-20/h1-4,9-11,20H,5-8,12-15H2,(H,36,37)/t20-/m0/s1. The van der Waals surface area contributed by atoms with Gasteiger partial charge >= 0.3 is 5.97 Å². The first-order valence-electron chi connectivity index (χ1n) is 12.7. The van der Waals surface area contributed by atoms with Crippen molar-refractivity contribution in [3.8, 4) is 5.88 Å². The molecule has 2 aromatic carbocycles. The molecule has 8 nitrogen and oxygen atoms in total. The number of pyridine rings is 1. The summed E-state index contributed by atoms with van der Waals surface area (Å²) in [6.07, 6.45) is 1.87. The zero-order chi connectivity index (χ0) is 27.1. The van der Waals surface area contributed by atoms with E-state index in [2.05, 4.69) is 9.47 Å². The molecule has 202 valence electrons. The molecular formula is C28H25Cl3N4O4. The largest absolute Gasteiger partial charge is 0.478 e. The van der Waals surface area contributed by atoms with Gasteiger partial charge in [-0.05, 0) is 54.8 Å². The average Bonchev–Trinajstić information content (AvgIpc) is 3.21. The van der Waals surface area contributed by atoms with Crippen LogP contribution in [0.1, 0.15) is 39.4 Å². The predicted molar refractivity (Wildman–Crippen MR) is 149 cm³/mol. The van der Waals surface area contributed by atoms with Crippen molar-refractivity contribution >= 4 is 51.8 Å². The van der Waals surface area contributed by atoms with Gasteiger partial charge in [0.2, 0.25) is 5.88 Å². The van der Waals surface area contributed by atoms with Crippen LogP contribution in [-0.2, 0) is 37.4 Å². The average molecular weight is 588 g/mol. The van der Waals surface area contributed by atoms with E-state index in [1.165, 1.54) is 0 Å². The summed E-state index contributed by atoms with van der Waals surface area (Å²) in [6, 6.07) is 12.2. The maximum atomic E-state index is 11.6. The van der Waals surface area contributed by atoms with Crippen LogP contribution in [0.3, 0.4) is 0 Å². The summed E-state index contributed by atoms with van der Waals surface area (Å²) in [6.45, 7) is 3.61. The molecule has 4 aromatic rings. The van der Waals surface area contributed by atoms with E-state index in [0.29, 0.717) is 40.6 Å². The summed E-state index contributed by atoms with van der Waals surface area (Å²) < 4.78 is 13.7. The highest BCUT2D eigenvalue weighted by Gasteiger charge is 2.25. The lowest BCUT2D eigenvalue weighted by Gasteiger charge is -2.30. The molecule has 1 N–H and O–H groups in total. The second-order valence-corrected chi connectivity index (χ2v) is 11.0. The maximum absolute atomic E-state index is 11.6. The van der Waals surface area contributed by atoms with E-state index >= 15 is 0 Å². The van der Waals surface area contributed by atoms with Crippen LogP contribution in [0.25, 0.3) is 11.0 Å². The van der Waals surface area contributed by atoms with E-state index < -0.39 is 5.97 Å².